The summed E-state index contributed by atoms with van der Waals surface area (Å²) < 4.78 is 0. The molecule has 0 saturated carbocycles. The van der Waals surface area contributed by atoms with Crippen molar-refractivity contribution in [3.63, 3.8) is 0 Å². The zero-order chi connectivity index (χ0) is 11.5. The molecule has 16 heavy (non-hydrogen) atoms. The Morgan fingerprint density at radius 3 is 2.94 bits per heavy atom. The van der Waals surface area contributed by atoms with Gasteiger partial charge in [0.05, 0.1) is 12.5 Å². The SMILES string of the molecule is NC(N)=Nc1nc(C(=O)c2cnc[nH]2)cs1. The van der Waals surface area contributed by atoms with E-state index in [1.54, 1.807) is 5.38 Å². The Kier molecular flexibility index (Phi) is 2.64. The normalized spacial score (nSPS) is 10.0. The third-order valence-corrected chi connectivity index (χ3v) is 2.43. The molecule has 0 bridgehead atoms. The number of aliphatic imine (C=N–C) groups is 1. The number of carbonyl (C=O) groups is 1. The molecule has 0 fully saturated rings. The standard InChI is InChI=1S/C8H8N6OS/c9-7(10)14-8-13-5(2-16-8)6(15)4-1-11-3-12-4/h1-3H,(H,11,12)(H4,9,10,13,14). The van der Waals surface area contributed by atoms with Crippen LogP contribution in [0.4, 0.5) is 5.13 Å². The van der Waals surface area contributed by atoms with Crippen LogP contribution in [-0.4, -0.2) is 26.7 Å². The van der Waals surface area contributed by atoms with Gasteiger partial charge in [-0.1, -0.05) is 0 Å². The summed E-state index contributed by atoms with van der Waals surface area (Å²) in [5.41, 5.74) is 11.1. The van der Waals surface area contributed by atoms with E-state index in [-0.39, 0.29) is 17.4 Å². The highest BCUT2D eigenvalue weighted by atomic mass is 32.1. The molecule has 5 N–H and O–H groups in total. The lowest BCUT2D eigenvalue weighted by molar-refractivity contribution is 0.103. The van der Waals surface area contributed by atoms with Crippen molar-refractivity contribution < 1.29 is 4.79 Å². The minimum atomic E-state index is -0.245. The molecule has 8 heteroatoms. The molecule has 0 aromatic carbocycles. The first-order valence-electron chi connectivity index (χ1n) is 4.25. The number of aromatic nitrogens is 3. The van der Waals surface area contributed by atoms with E-state index in [0.717, 1.165) is 0 Å². The van der Waals surface area contributed by atoms with Crippen molar-refractivity contribution in [2.24, 2.45) is 16.5 Å². The van der Waals surface area contributed by atoms with Crippen LogP contribution in [0.5, 0.6) is 0 Å². The number of aromatic amines is 1. The van der Waals surface area contributed by atoms with Crippen molar-refractivity contribution in [3.8, 4) is 0 Å². The summed E-state index contributed by atoms with van der Waals surface area (Å²) in [6, 6.07) is 0. The molecule has 2 aromatic rings. The van der Waals surface area contributed by atoms with Crippen LogP contribution in [-0.2, 0) is 0 Å². The van der Waals surface area contributed by atoms with E-state index < -0.39 is 0 Å². The fourth-order valence-corrected chi connectivity index (χ4v) is 1.73. The van der Waals surface area contributed by atoms with E-state index in [0.29, 0.717) is 10.8 Å². The van der Waals surface area contributed by atoms with E-state index in [4.69, 9.17) is 11.5 Å². The second-order valence-electron chi connectivity index (χ2n) is 2.85. The number of ketones is 1. The molecule has 0 aliphatic rings. The lowest BCUT2D eigenvalue weighted by atomic mass is 10.2. The van der Waals surface area contributed by atoms with Gasteiger partial charge in [0.25, 0.3) is 0 Å². The van der Waals surface area contributed by atoms with Crippen molar-refractivity contribution in [2.75, 3.05) is 0 Å². The van der Waals surface area contributed by atoms with Crippen LogP contribution in [0.2, 0.25) is 0 Å². The van der Waals surface area contributed by atoms with E-state index in [2.05, 4.69) is 19.9 Å². The average molecular weight is 236 g/mol. The smallest absolute Gasteiger partial charge is 0.230 e. The van der Waals surface area contributed by atoms with Crippen molar-refractivity contribution in [1.29, 1.82) is 0 Å². The molecule has 2 aromatic heterocycles. The highest BCUT2D eigenvalue weighted by Crippen LogP contribution is 2.19. The molecule has 0 aliphatic heterocycles. The zero-order valence-corrected chi connectivity index (χ0v) is 8.86. The average Bonchev–Trinajstić information content (AvgIpc) is 2.84. The van der Waals surface area contributed by atoms with Crippen LogP contribution in [0, 0.1) is 0 Å². The second-order valence-corrected chi connectivity index (χ2v) is 3.68. The number of H-pyrrole nitrogens is 1. The molecule has 0 amide bonds. The maximum atomic E-state index is 11.8. The number of carbonyl (C=O) groups excluding carboxylic acids is 1. The Morgan fingerprint density at radius 2 is 2.31 bits per heavy atom. The molecule has 0 atom stereocenters. The highest BCUT2D eigenvalue weighted by Gasteiger charge is 2.13. The van der Waals surface area contributed by atoms with Crippen LogP contribution in [0.1, 0.15) is 16.2 Å². The summed E-state index contributed by atoms with van der Waals surface area (Å²) in [6.45, 7) is 0. The van der Waals surface area contributed by atoms with Crippen LogP contribution in [0.25, 0.3) is 0 Å². The Balaban J connectivity index is 2.26. The lowest BCUT2D eigenvalue weighted by Crippen LogP contribution is -2.21. The van der Waals surface area contributed by atoms with Crippen molar-refractivity contribution >= 4 is 28.2 Å². The molecular weight excluding hydrogens is 228 g/mol. The van der Waals surface area contributed by atoms with E-state index in [1.165, 1.54) is 23.9 Å². The van der Waals surface area contributed by atoms with Gasteiger partial charge in [0.15, 0.2) is 5.96 Å². The number of imidazole rings is 1. The third kappa shape index (κ3) is 2.06. The molecule has 2 heterocycles. The first-order chi connectivity index (χ1) is 7.66. The van der Waals surface area contributed by atoms with Gasteiger partial charge in [-0.15, -0.1) is 11.3 Å². The summed E-state index contributed by atoms with van der Waals surface area (Å²) >= 11 is 1.19. The number of rotatable bonds is 3. The minimum absolute atomic E-state index is 0.0881. The summed E-state index contributed by atoms with van der Waals surface area (Å²) in [5.74, 6) is -0.333. The van der Waals surface area contributed by atoms with Crippen LogP contribution in [0.3, 0.4) is 0 Å². The maximum Gasteiger partial charge on any atom is 0.230 e. The van der Waals surface area contributed by atoms with Gasteiger partial charge in [0.1, 0.15) is 11.4 Å². The van der Waals surface area contributed by atoms with Gasteiger partial charge in [0, 0.05) is 5.38 Å². The topological polar surface area (TPSA) is 123 Å². The predicted octanol–water partition coefficient (Wildman–Crippen LogP) is 0.00210. The minimum Gasteiger partial charge on any atom is -0.370 e. The van der Waals surface area contributed by atoms with Crippen LogP contribution >= 0.6 is 11.3 Å². The molecule has 0 saturated heterocycles. The summed E-state index contributed by atoms with van der Waals surface area (Å²) in [4.78, 5) is 26.0. The van der Waals surface area contributed by atoms with Crippen molar-refractivity contribution in [1.82, 2.24) is 15.0 Å². The molecule has 2 rings (SSSR count). The Hall–Kier alpha value is -2.22. The maximum absolute atomic E-state index is 11.8. The van der Waals surface area contributed by atoms with Gasteiger partial charge in [0.2, 0.25) is 10.9 Å². The van der Waals surface area contributed by atoms with Gasteiger partial charge in [-0.05, 0) is 0 Å². The third-order valence-electron chi connectivity index (χ3n) is 1.69. The Bertz CT molecular complexity index is 524. The number of guanidine groups is 1. The fraction of sp³-hybridized carbons (Fsp3) is 0. The first kappa shape index (κ1) is 10.3. The van der Waals surface area contributed by atoms with E-state index >= 15 is 0 Å². The van der Waals surface area contributed by atoms with Crippen molar-refractivity contribution in [3.05, 3.63) is 29.3 Å². The van der Waals surface area contributed by atoms with E-state index in [9.17, 15) is 4.79 Å². The second kappa shape index (κ2) is 4.11. The number of nitrogens with two attached hydrogens (primary N) is 2. The number of nitrogens with zero attached hydrogens (tertiary/aromatic N) is 3. The number of hydrogen-bond acceptors (Lipinski definition) is 5. The largest absolute Gasteiger partial charge is 0.370 e. The summed E-state index contributed by atoms with van der Waals surface area (Å²) in [6.07, 6.45) is 2.86. The van der Waals surface area contributed by atoms with Gasteiger partial charge < -0.3 is 16.5 Å². The monoisotopic (exact) mass is 236 g/mol. The van der Waals surface area contributed by atoms with Gasteiger partial charge in [-0.25, -0.2) is 9.97 Å². The lowest BCUT2D eigenvalue weighted by Gasteiger charge is -1.90. The van der Waals surface area contributed by atoms with Gasteiger partial charge in [-0.3, -0.25) is 4.79 Å². The molecule has 0 unspecified atom stereocenters. The molecule has 82 valence electrons. The number of thiazole rings is 1. The van der Waals surface area contributed by atoms with Gasteiger partial charge >= 0.3 is 0 Å². The molecular formula is C8H8N6OS. The van der Waals surface area contributed by atoms with Crippen LogP contribution < -0.4 is 11.5 Å². The Morgan fingerprint density at radius 1 is 1.50 bits per heavy atom. The summed E-state index contributed by atoms with van der Waals surface area (Å²) in [5, 5.41) is 1.94. The number of nitrogens with one attached hydrogen (secondary N) is 1. The first-order valence-corrected chi connectivity index (χ1v) is 5.13. The van der Waals surface area contributed by atoms with Crippen LogP contribution in [0.15, 0.2) is 22.9 Å². The molecule has 0 spiro atoms. The van der Waals surface area contributed by atoms with E-state index in [1.807, 2.05) is 0 Å². The fourth-order valence-electron chi connectivity index (χ4n) is 1.05. The molecule has 0 radical (unpaired) electrons. The molecule has 7 nitrogen and oxygen atoms in total. The Labute approximate surface area is 94.2 Å². The number of hydrogen-bond donors (Lipinski definition) is 3. The zero-order valence-electron chi connectivity index (χ0n) is 8.04. The van der Waals surface area contributed by atoms with Crippen molar-refractivity contribution in [2.45, 2.75) is 0 Å². The van der Waals surface area contributed by atoms with Gasteiger partial charge in [-0.2, -0.15) is 4.99 Å². The summed E-state index contributed by atoms with van der Waals surface area (Å²) in [7, 11) is 0. The highest BCUT2D eigenvalue weighted by molar-refractivity contribution is 7.13. The molecule has 0 aliphatic carbocycles. The quantitative estimate of drug-likeness (QED) is 0.393. The predicted molar refractivity (Wildman–Crippen MR) is 59.6 cm³/mol.